The van der Waals surface area contributed by atoms with Gasteiger partial charge in [0.2, 0.25) is 0 Å². The maximum atomic E-state index is 6.26. The third-order valence-corrected chi connectivity index (χ3v) is 3.36. The van der Waals surface area contributed by atoms with E-state index in [0.717, 1.165) is 29.5 Å². The molecule has 0 unspecified atom stereocenters. The van der Waals surface area contributed by atoms with E-state index in [1.807, 2.05) is 11.8 Å². The van der Waals surface area contributed by atoms with Gasteiger partial charge in [-0.1, -0.05) is 13.8 Å². The number of nitrogens with two attached hydrogens (primary N) is 1. The molecule has 1 rings (SSSR count). The molecule has 0 saturated carbocycles. The van der Waals surface area contributed by atoms with Gasteiger partial charge < -0.3 is 10.3 Å². The number of nitrogen functional groups attached to an aromatic ring is 1. The summed E-state index contributed by atoms with van der Waals surface area (Å²) < 4.78 is 2.19. The molecule has 0 spiro atoms. The minimum Gasteiger partial charge on any atom is -0.384 e. The first-order chi connectivity index (χ1) is 7.79. The van der Waals surface area contributed by atoms with Crippen LogP contribution in [0.5, 0.6) is 0 Å². The van der Waals surface area contributed by atoms with Crippen LogP contribution >= 0.6 is 11.8 Å². The van der Waals surface area contributed by atoms with E-state index in [4.69, 9.17) is 10.7 Å². The number of aromatic nitrogens is 2. The monoisotopic (exact) mass is 255 g/mol. The molecule has 0 aliphatic heterocycles. The molecule has 0 aliphatic carbocycles. The molecular weight excluding hydrogens is 230 g/mol. The van der Waals surface area contributed by atoms with E-state index in [2.05, 4.69) is 45.4 Å². The minimum absolute atomic E-state index is 0.00566. The smallest absolute Gasteiger partial charge is 0.127 e. The summed E-state index contributed by atoms with van der Waals surface area (Å²) in [5.74, 6) is 3.42. The van der Waals surface area contributed by atoms with Crippen molar-refractivity contribution in [2.45, 2.75) is 52.5 Å². The number of hydrogen-bond donors (Lipinski definition) is 1. The van der Waals surface area contributed by atoms with Crippen LogP contribution in [0.2, 0.25) is 0 Å². The van der Waals surface area contributed by atoms with E-state index >= 15 is 0 Å². The van der Waals surface area contributed by atoms with Crippen LogP contribution in [0.1, 0.15) is 52.1 Å². The van der Waals surface area contributed by atoms with Gasteiger partial charge in [0.05, 0.1) is 5.69 Å². The lowest BCUT2D eigenvalue weighted by Crippen LogP contribution is -2.26. The fourth-order valence-electron chi connectivity index (χ4n) is 1.97. The Hall–Kier alpha value is -0.640. The molecule has 0 aliphatic rings. The molecule has 98 valence electrons. The molecule has 1 heterocycles. The number of imidazole rings is 1. The zero-order valence-corrected chi connectivity index (χ0v) is 12.7. The molecule has 0 aromatic carbocycles. The quantitative estimate of drug-likeness (QED) is 0.898. The minimum atomic E-state index is -0.00566. The van der Waals surface area contributed by atoms with E-state index < -0.39 is 0 Å². The van der Waals surface area contributed by atoms with Gasteiger partial charge >= 0.3 is 0 Å². The van der Waals surface area contributed by atoms with Crippen molar-refractivity contribution in [1.29, 1.82) is 0 Å². The van der Waals surface area contributed by atoms with Crippen LogP contribution in [0.15, 0.2) is 0 Å². The Kier molecular flexibility index (Phi) is 4.53. The fourth-order valence-corrected chi connectivity index (χ4v) is 2.37. The van der Waals surface area contributed by atoms with E-state index in [1.54, 1.807) is 0 Å². The predicted molar refractivity (Wildman–Crippen MR) is 77.8 cm³/mol. The van der Waals surface area contributed by atoms with Gasteiger partial charge in [0.15, 0.2) is 0 Å². The third-order valence-electron chi connectivity index (χ3n) is 2.75. The molecule has 1 aromatic rings. The standard InChI is InChI=1S/C13H25N3S/c1-9(2)12-15-10(7-8-17-6)11(14)16(12)13(3,4)5/h9H,7-8,14H2,1-6H3. The van der Waals surface area contributed by atoms with Gasteiger partial charge in [-0.05, 0) is 32.8 Å². The molecule has 0 bridgehead atoms. The van der Waals surface area contributed by atoms with Crippen LogP contribution in [-0.2, 0) is 12.0 Å². The van der Waals surface area contributed by atoms with Crippen LogP contribution in [0.4, 0.5) is 5.82 Å². The zero-order valence-electron chi connectivity index (χ0n) is 11.9. The molecule has 1 aromatic heterocycles. The SMILES string of the molecule is CSCCc1nc(C(C)C)n(C(C)(C)C)c1N. The van der Waals surface area contributed by atoms with Crippen molar-refractivity contribution in [2.75, 3.05) is 17.7 Å². The molecule has 0 radical (unpaired) electrons. The van der Waals surface area contributed by atoms with Crippen LogP contribution in [-0.4, -0.2) is 21.6 Å². The second-order valence-corrected chi connectivity index (χ2v) is 6.69. The fraction of sp³-hybridized carbons (Fsp3) is 0.769. The van der Waals surface area contributed by atoms with E-state index in [0.29, 0.717) is 5.92 Å². The summed E-state index contributed by atoms with van der Waals surface area (Å²) in [5.41, 5.74) is 7.31. The average Bonchev–Trinajstić information content (AvgIpc) is 2.52. The van der Waals surface area contributed by atoms with Gasteiger partial charge in [0.1, 0.15) is 11.6 Å². The van der Waals surface area contributed by atoms with E-state index in [9.17, 15) is 0 Å². The summed E-state index contributed by atoms with van der Waals surface area (Å²) in [6.45, 7) is 10.9. The Balaban J connectivity index is 3.21. The third kappa shape index (κ3) is 3.18. The van der Waals surface area contributed by atoms with Crippen molar-refractivity contribution in [3.63, 3.8) is 0 Å². The van der Waals surface area contributed by atoms with Gasteiger partial charge in [-0.15, -0.1) is 0 Å². The largest absolute Gasteiger partial charge is 0.384 e. The van der Waals surface area contributed by atoms with Gasteiger partial charge in [-0.2, -0.15) is 11.8 Å². The summed E-state index contributed by atoms with van der Waals surface area (Å²) in [7, 11) is 0. The van der Waals surface area contributed by atoms with Gasteiger partial charge in [0.25, 0.3) is 0 Å². The van der Waals surface area contributed by atoms with E-state index in [1.165, 1.54) is 0 Å². The number of rotatable bonds is 4. The predicted octanol–water partition coefficient (Wildman–Crippen LogP) is 3.25. The lowest BCUT2D eigenvalue weighted by Gasteiger charge is -2.26. The van der Waals surface area contributed by atoms with Gasteiger partial charge in [0, 0.05) is 17.9 Å². The second kappa shape index (κ2) is 5.34. The van der Waals surface area contributed by atoms with Crippen molar-refractivity contribution < 1.29 is 0 Å². The summed E-state index contributed by atoms with van der Waals surface area (Å²) >= 11 is 1.83. The summed E-state index contributed by atoms with van der Waals surface area (Å²) in [6.07, 6.45) is 3.07. The highest BCUT2D eigenvalue weighted by Crippen LogP contribution is 2.29. The van der Waals surface area contributed by atoms with Crippen molar-refractivity contribution in [2.24, 2.45) is 0 Å². The zero-order chi connectivity index (χ0) is 13.2. The first-order valence-electron chi connectivity index (χ1n) is 6.15. The molecular formula is C13H25N3S. The van der Waals surface area contributed by atoms with Gasteiger partial charge in [-0.25, -0.2) is 4.98 Å². The Bertz CT molecular complexity index is 375. The molecule has 0 saturated heterocycles. The van der Waals surface area contributed by atoms with Crippen LogP contribution in [0.3, 0.4) is 0 Å². The van der Waals surface area contributed by atoms with Gasteiger partial charge in [-0.3, -0.25) is 0 Å². The molecule has 0 amide bonds. The first kappa shape index (κ1) is 14.4. The molecule has 0 fully saturated rings. The average molecular weight is 255 g/mol. The summed E-state index contributed by atoms with van der Waals surface area (Å²) in [6, 6.07) is 0. The maximum Gasteiger partial charge on any atom is 0.127 e. The molecule has 4 heteroatoms. The van der Waals surface area contributed by atoms with Crippen molar-refractivity contribution in [1.82, 2.24) is 9.55 Å². The lowest BCUT2D eigenvalue weighted by molar-refractivity contribution is 0.382. The normalized spacial score (nSPS) is 12.4. The lowest BCUT2D eigenvalue weighted by atomic mass is 10.1. The molecule has 3 nitrogen and oxygen atoms in total. The van der Waals surface area contributed by atoms with Crippen LogP contribution in [0, 0.1) is 0 Å². The van der Waals surface area contributed by atoms with Crippen molar-refractivity contribution in [3.05, 3.63) is 11.5 Å². The first-order valence-corrected chi connectivity index (χ1v) is 7.54. The Morgan fingerprint density at radius 2 is 1.94 bits per heavy atom. The second-order valence-electron chi connectivity index (χ2n) is 5.71. The van der Waals surface area contributed by atoms with E-state index in [-0.39, 0.29) is 5.54 Å². The Morgan fingerprint density at radius 1 is 1.35 bits per heavy atom. The van der Waals surface area contributed by atoms with Crippen molar-refractivity contribution in [3.8, 4) is 0 Å². The van der Waals surface area contributed by atoms with Crippen LogP contribution in [0.25, 0.3) is 0 Å². The molecule has 0 atom stereocenters. The Morgan fingerprint density at radius 3 is 2.29 bits per heavy atom. The topological polar surface area (TPSA) is 43.8 Å². The number of thioether (sulfide) groups is 1. The van der Waals surface area contributed by atoms with Crippen molar-refractivity contribution >= 4 is 17.6 Å². The van der Waals surface area contributed by atoms with Crippen LogP contribution < -0.4 is 5.73 Å². The highest BCUT2D eigenvalue weighted by Gasteiger charge is 2.24. The summed E-state index contributed by atoms with van der Waals surface area (Å²) in [4.78, 5) is 4.74. The number of anilines is 1. The highest BCUT2D eigenvalue weighted by atomic mass is 32.2. The molecule has 17 heavy (non-hydrogen) atoms. The highest BCUT2D eigenvalue weighted by molar-refractivity contribution is 7.98. The summed E-state index contributed by atoms with van der Waals surface area (Å²) in [5, 5.41) is 0. The molecule has 2 N–H and O–H groups in total. The number of hydrogen-bond acceptors (Lipinski definition) is 3. The number of aryl methyl sites for hydroxylation is 1. The maximum absolute atomic E-state index is 6.26. The Labute approximate surface area is 109 Å². The number of nitrogens with zero attached hydrogens (tertiary/aromatic N) is 2.